The van der Waals surface area contributed by atoms with E-state index in [4.69, 9.17) is 0 Å². The third kappa shape index (κ3) is 4.07. The maximum atomic E-state index is 12.4. The highest BCUT2D eigenvalue weighted by atomic mass is 16.1. The lowest BCUT2D eigenvalue weighted by Crippen LogP contribution is -2.41. The van der Waals surface area contributed by atoms with Crippen molar-refractivity contribution in [3.8, 4) is 5.82 Å². The van der Waals surface area contributed by atoms with Crippen molar-refractivity contribution in [2.45, 2.75) is 19.4 Å². The lowest BCUT2D eigenvalue weighted by atomic mass is 9.96. The second kappa shape index (κ2) is 7.89. The third-order valence-electron chi connectivity index (χ3n) is 4.59. The predicted molar refractivity (Wildman–Crippen MR) is 94.9 cm³/mol. The highest BCUT2D eigenvalue weighted by molar-refractivity contribution is 5.78. The van der Waals surface area contributed by atoms with Crippen LogP contribution in [-0.4, -0.2) is 65.0 Å². The van der Waals surface area contributed by atoms with Crippen molar-refractivity contribution in [3.63, 3.8) is 0 Å². The maximum Gasteiger partial charge on any atom is 0.223 e. The monoisotopic (exact) mass is 368 g/mol. The number of anilines is 1. The maximum absolute atomic E-state index is 12.4. The van der Waals surface area contributed by atoms with Gasteiger partial charge in [-0.2, -0.15) is 10.2 Å². The Morgan fingerprint density at radius 3 is 2.56 bits per heavy atom. The molecule has 0 saturated carbocycles. The molecule has 0 bridgehead atoms. The number of nitrogens with zero attached hydrogens (tertiary/aromatic N) is 9. The Morgan fingerprint density at radius 1 is 1.04 bits per heavy atom. The summed E-state index contributed by atoms with van der Waals surface area (Å²) in [5.74, 6) is 1.63. The minimum Gasteiger partial charge on any atom is -0.356 e. The lowest BCUT2D eigenvalue weighted by Gasteiger charge is -2.32. The molecule has 3 aromatic heterocycles. The molecule has 0 spiro atoms. The molecule has 140 valence electrons. The van der Waals surface area contributed by atoms with Crippen molar-refractivity contribution in [2.24, 2.45) is 5.92 Å². The van der Waals surface area contributed by atoms with Gasteiger partial charge in [-0.25, -0.2) is 24.6 Å². The summed E-state index contributed by atoms with van der Waals surface area (Å²) in [6.07, 6.45) is 9.29. The summed E-state index contributed by atoms with van der Waals surface area (Å²) in [6, 6.07) is 1.88. The van der Waals surface area contributed by atoms with E-state index in [-0.39, 0.29) is 11.8 Å². The van der Waals surface area contributed by atoms with Gasteiger partial charge in [0.1, 0.15) is 37.5 Å². The SMILES string of the molecule is O=C(NCCn1cncn1)C1CCN(c2cc(-n3cncn3)ncn2)CC1. The molecule has 1 amide bonds. The van der Waals surface area contributed by atoms with Gasteiger partial charge in [0.15, 0.2) is 5.82 Å². The van der Waals surface area contributed by atoms with Crippen molar-refractivity contribution in [2.75, 3.05) is 24.5 Å². The Morgan fingerprint density at radius 2 is 1.81 bits per heavy atom. The Labute approximate surface area is 155 Å². The Hall–Kier alpha value is -3.37. The van der Waals surface area contributed by atoms with Crippen molar-refractivity contribution in [3.05, 3.63) is 37.7 Å². The van der Waals surface area contributed by atoms with Gasteiger partial charge in [-0.05, 0) is 12.8 Å². The lowest BCUT2D eigenvalue weighted by molar-refractivity contribution is -0.125. The number of carbonyl (C=O) groups is 1. The number of rotatable bonds is 6. The molecule has 11 nitrogen and oxygen atoms in total. The summed E-state index contributed by atoms with van der Waals surface area (Å²) < 4.78 is 3.30. The molecule has 0 radical (unpaired) electrons. The van der Waals surface area contributed by atoms with Gasteiger partial charge in [0.25, 0.3) is 0 Å². The fraction of sp³-hybridized carbons (Fsp3) is 0.438. The topological polar surface area (TPSA) is 120 Å². The van der Waals surface area contributed by atoms with Crippen LogP contribution in [0.3, 0.4) is 0 Å². The summed E-state index contributed by atoms with van der Waals surface area (Å²) >= 11 is 0. The quantitative estimate of drug-likeness (QED) is 0.629. The largest absolute Gasteiger partial charge is 0.356 e. The third-order valence-corrected chi connectivity index (χ3v) is 4.59. The van der Waals surface area contributed by atoms with Crippen molar-refractivity contribution < 1.29 is 4.79 Å². The van der Waals surface area contributed by atoms with E-state index < -0.39 is 0 Å². The average Bonchev–Trinajstić information content (AvgIpc) is 3.42. The highest BCUT2D eigenvalue weighted by Crippen LogP contribution is 2.22. The molecule has 1 fully saturated rings. The van der Waals surface area contributed by atoms with Crippen LogP contribution in [0.15, 0.2) is 37.7 Å². The van der Waals surface area contributed by atoms with E-state index in [1.54, 1.807) is 22.0 Å². The molecule has 1 aliphatic heterocycles. The molecular formula is C16H20N10O. The first-order chi connectivity index (χ1) is 13.3. The van der Waals surface area contributed by atoms with E-state index in [0.717, 1.165) is 31.7 Å². The number of aromatic nitrogens is 8. The Bertz CT molecular complexity index is 855. The zero-order chi connectivity index (χ0) is 18.5. The molecule has 3 aromatic rings. The van der Waals surface area contributed by atoms with Gasteiger partial charge >= 0.3 is 0 Å². The zero-order valence-corrected chi connectivity index (χ0v) is 14.7. The number of amides is 1. The molecule has 1 saturated heterocycles. The summed E-state index contributed by atoms with van der Waals surface area (Å²) in [7, 11) is 0. The normalized spacial score (nSPS) is 15.0. The average molecular weight is 368 g/mol. The smallest absolute Gasteiger partial charge is 0.223 e. The van der Waals surface area contributed by atoms with Gasteiger partial charge in [0.05, 0.1) is 6.54 Å². The van der Waals surface area contributed by atoms with Crippen LogP contribution in [0.4, 0.5) is 5.82 Å². The van der Waals surface area contributed by atoms with Gasteiger partial charge in [-0.15, -0.1) is 0 Å². The van der Waals surface area contributed by atoms with Crippen LogP contribution in [0.5, 0.6) is 0 Å². The van der Waals surface area contributed by atoms with E-state index in [9.17, 15) is 4.79 Å². The summed E-state index contributed by atoms with van der Waals surface area (Å²) in [6.45, 7) is 2.72. The molecule has 0 aromatic carbocycles. The molecule has 0 atom stereocenters. The molecule has 0 unspecified atom stereocenters. The summed E-state index contributed by atoms with van der Waals surface area (Å²) in [5, 5.41) is 11.1. The van der Waals surface area contributed by atoms with E-state index in [0.29, 0.717) is 18.9 Å². The van der Waals surface area contributed by atoms with Gasteiger partial charge in [-0.1, -0.05) is 0 Å². The molecule has 4 rings (SSSR count). The minimum atomic E-state index is 0.0219. The van der Waals surface area contributed by atoms with Crippen LogP contribution < -0.4 is 10.2 Å². The fourth-order valence-electron chi connectivity index (χ4n) is 3.12. The van der Waals surface area contributed by atoms with Gasteiger partial charge in [0, 0.05) is 31.6 Å². The Kier molecular flexibility index (Phi) is 4.99. The van der Waals surface area contributed by atoms with Crippen LogP contribution in [0.2, 0.25) is 0 Å². The van der Waals surface area contributed by atoms with E-state index in [1.807, 2.05) is 6.07 Å². The molecule has 0 aliphatic carbocycles. The van der Waals surface area contributed by atoms with Gasteiger partial charge in [0.2, 0.25) is 5.91 Å². The first-order valence-corrected chi connectivity index (χ1v) is 8.82. The fourth-order valence-corrected chi connectivity index (χ4v) is 3.12. The van der Waals surface area contributed by atoms with E-state index in [2.05, 4.69) is 40.3 Å². The second-order valence-corrected chi connectivity index (χ2v) is 6.29. The first-order valence-electron chi connectivity index (χ1n) is 8.82. The second-order valence-electron chi connectivity index (χ2n) is 6.29. The summed E-state index contributed by atoms with van der Waals surface area (Å²) in [4.78, 5) is 30.9. The van der Waals surface area contributed by atoms with Crippen LogP contribution in [0.25, 0.3) is 5.82 Å². The minimum absolute atomic E-state index is 0.0219. The van der Waals surface area contributed by atoms with Crippen LogP contribution >= 0.6 is 0 Å². The van der Waals surface area contributed by atoms with Crippen molar-refractivity contribution in [1.29, 1.82) is 0 Å². The van der Waals surface area contributed by atoms with Crippen LogP contribution in [0, 0.1) is 5.92 Å². The molecular weight excluding hydrogens is 348 g/mol. The first kappa shape index (κ1) is 17.1. The number of nitrogens with one attached hydrogen (secondary N) is 1. The molecule has 11 heteroatoms. The molecule has 27 heavy (non-hydrogen) atoms. The molecule has 4 heterocycles. The number of carbonyl (C=O) groups excluding carboxylic acids is 1. The molecule has 1 aliphatic rings. The number of hydrogen-bond acceptors (Lipinski definition) is 8. The van der Waals surface area contributed by atoms with Gasteiger partial charge < -0.3 is 10.2 Å². The van der Waals surface area contributed by atoms with Gasteiger partial charge in [-0.3, -0.25) is 9.48 Å². The zero-order valence-electron chi connectivity index (χ0n) is 14.7. The summed E-state index contributed by atoms with van der Waals surface area (Å²) in [5.41, 5.74) is 0. The molecule has 1 N–H and O–H groups in total. The van der Waals surface area contributed by atoms with Crippen molar-refractivity contribution >= 4 is 11.7 Å². The Balaban J connectivity index is 1.28. The van der Waals surface area contributed by atoms with E-state index >= 15 is 0 Å². The van der Waals surface area contributed by atoms with E-state index in [1.165, 1.54) is 19.0 Å². The van der Waals surface area contributed by atoms with Crippen molar-refractivity contribution in [1.82, 2.24) is 44.8 Å². The van der Waals surface area contributed by atoms with Crippen LogP contribution in [-0.2, 0) is 11.3 Å². The van der Waals surface area contributed by atoms with Crippen LogP contribution in [0.1, 0.15) is 12.8 Å². The number of piperidine rings is 1. The highest BCUT2D eigenvalue weighted by Gasteiger charge is 2.25. The predicted octanol–water partition coefficient (Wildman–Crippen LogP) is -0.318. The number of hydrogen-bond donors (Lipinski definition) is 1. The standard InChI is InChI=1S/C16H20N10O/c27-16(19-3-6-25-11-17-8-22-25)13-1-4-24(5-2-13)14-7-15(21-10-20-14)26-12-18-9-23-26/h7-13H,1-6H2,(H,19,27).